The molecule has 1 saturated heterocycles. The fraction of sp³-hybridized carbons (Fsp3) is 0.409. The summed E-state index contributed by atoms with van der Waals surface area (Å²) < 4.78 is 7.09. The molecule has 12 N–H and O–H groups in total. The third-order valence-electron chi connectivity index (χ3n) is 6.54. The minimum atomic E-state index is -1.35. The lowest BCUT2D eigenvalue weighted by Crippen LogP contribution is -2.71. The number of thioether (sulfide) groups is 1. The molecule has 44 heavy (non-hydrogen) atoms. The minimum Gasteiger partial charge on any atom is -0.479 e. The number of fused-ring (bicyclic) bond motifs is 1. The standard InChI is InChI=1S/C22H29N13O7S2/c1-32-15(24)10(34(21(25)26)4-2-3-23)6-33(32)5-9-8-43-19-13(18(39)35(19)14(9)20(40)41)28-17(38)12(30-42-7-11(36)37)16-29-22(27)44-31-16/h6,13,19,24H,2-5,7-8,23H2,1H3,(H8,25,26,27,28,29,31,36,37,38,40,41)/p+1/b30-12+/t13-,19?/m1/s1. The zero-order valence-electron chi connectivity index (χ0n) is 23.2. The zero-order valence-corrected chi connectivity index (χ0v) is 24.8. The maximum absolute atomic E-state index is 13.2. The van der Waals surface area contributed by atoms with Gasteiger partial charge in [-0.05, 0) is 13.0 Å². The summed E-state index contributed by atoms with van der Waals surface area (Å²) in [6, 6.07) is -1.14. The Bertz CT molecular complexity index is 1570. The molecule has 2 atom stereocenters. The molecular formula is C22H30N13O7S2+. The Morgan fingerprint density at radius 3 is 2.66 bits per heavy atom. The fourth-order valence-corrected chi connectivity index (χ4v) is 6.22. The Morgan fingerprint density at radius 2 is 2.07 bits per heavy atom. The summed E-state index contributed by atoms with van der Waals surface area (Å²) in [6.45, 7) is -0.0917. The van der Waals surface area contributed by atoms with Crippen molar-refractivity contribution >= 4 is 75.4 Å². The first kappa shape index (κ1) is 32.0. The molecule has 0 radical (unpaired) electrons. The molecule has 1 fully saturated rings. The number of carboxylic acids is 2. The largest absolute Gasteiger partial charge is 0.479 e. The fourth-order valence-electron chi connectivity index (χ4n) is 4.46. The van der Waals surface area contributed by atoms with Gasteiger partial charge in [0.05, 0.1) is 7.05 Å². The van der Waals surface area contributed by atoms with Gasteiger partial charge in [0.2, 0.25) is 24.3 Å². The van der Waals surface area contributed by atoms with E-state index in [1.807, 2.05) is 0 Å². The van der Waals surface area contributed by atoms with E-state index in [1.54, 1.807) is 22.6 Å². The Hall–Kier alpha value is -4.96. The number of nitrogens with one attached hydrogen (secondary N) is 2. The van der Waals surface area contributed by atoms with Crippen molar-refractivity contribution in [2.24, 2.45) is 23.7 Å². The molecule has 0 saturated carbocycles. The van der Waals surface area contributed by atoms with E-state index < -0.39 is 47.5 Å². The second-order valence-corrected chi connectivity index (χ2v) is 11.3. The number of β-lactam (4-membered cyclic amide) rings is 1. The Labute approximate surface area is 256 Å². The predicted octanol–water partition coefficient (Wildman–Crippen LogP) is -3.38. The number of nitrogens with two attached hydrogens (primary N) is 4. The second-order valence-electron chi connectivity index (χ2n) is 9.38. The van der Waals surface area contributed by atoms with Crippen LogP contribution in [-0.4, -0.2) is 101 Å². The van der Waals surface area contributed by atoms with Gasteiger partial charge in [-0.25, -0.2) is 9.59 Å². The van der Waals surface area contributed by atoms with Crippen LogP contribution in [0.15, 0.2) is 22.6 Å². The number of aromatic nitrogens is 4. The molecule has 4 rings (SSSR count). The molecule has 2 aliphatic rings. The van der Waals surface area contributed by atoms with Crippen LogP contribution >= 0.6 is 23.3 Å². The highest BCUT2D eigenvalue weighted by atomic mass is 32.2. The number of carboxylic acid groups (broad SMARTS) is 2. The lowest BCUT2D eigenvalue weighted by Gasteiger charge is -2.49. The van der Waals surface area contributed by atoms with Gasteiger partial charge in [-0.15, -0.1) is 21.1 Å². The summed E-state index contributed by atoms with van der Waals surface area (Å²) in [7, 11) is 1.66. The first-order valence-electron chi connectivity index (χ1n) is 12.7. The van der Waals surface area contributed by atoms with E-state index in [0.29, 0.717) is 30.8 Å². The Morgan fingerprint density at radius 1 is 1.34 bits per heavy atom. The molecule has 2 aliphatic heterocycles. The number of anilines is 3. The van der Waals surface area contributed by atoms with E-state index in [-0.39, 0.29) is 40.7 Å². The molecule has 4 heterocycles. The van der Waals surface area contributed by atoms with E-state index in [9.17, 15) is 24.3 Å². The van der Waals surface area contributed by atoms with Crippen molar-refractivity contribution in [3.63, 3.8) is 0 Å². The number of hydrogen-bond acceptors (Lipinski definition) is 14. The topological polar surface area (TPSA) is 311 Å². The highest BCUT2D eigenvalue weighted by molar-refractivity contribution is 8.00. The van der Waals surface area contributed by atoms with Crippen LogP contribution in [0.5, 0.6) is 0 Å². The lowest BCUT2D eigenvalue weighted by atomic mass is 10.0. The summed E-state index contributed by atoms with van der Waals surface area (Å²) >= 11 is 1.99. The van der Waals surface area contributed by atoms with Gasteiger partial charge in [0, 0.05) is 29.4 Å². The van der Waals surface area contributed by atoms with E-state index in [4.69, 9.17) is 33.5 Å². The first-order chi connectivity index (χ1) is 20.8. The number of guanidine groups is 1. The van der Waals surface area contributed by atoms with E-state index in [0.717, 1.165) is 16.4 Å². The molecule has 236 valence electrons. The van der Waals surface area contributed by atoms with E-state index >= 15 is 0 Å². The van der Waals surface area contributed by atoms with Crippen LogP contribution in [0.3, 0.4) is 0 Å². The lowest BCUT2D eigenvalue weighted by molar-refractivity contribution is -0.765. The predicted molar refractivity (Wildman–Crippen MR) is 157 cm³/mol. The molecule has 2 aromatic heterocycles. The van der Waals surface area contributed by atoms with Gasteiger partial charge in [-0.1, -0.05) is 5.16 Å². The zero-order chi connectivity index (χ0) is 32.3. The van der Waals surface area contributed by atoms with E-state index in [2.05, 4.69) is 24.7 Å². The smallest absolute Gasteiger partial charge is 0.352 e. The van der Waals surface area contributed by atoms with Crippen molar-refractivity contribution in [1.29, 1.82) is 5.41 Å². The van der Waals surface area contributed by atoms with Crippen molar-refractivity contribution in [1.82, 2.24) is 24.3 Å². The molecule has 0 aromatic carbocycles. The molecule has 2 aromatic rings. The summed E-state index contributed by atoms with van der Waals surface area (Å²) in [5.41, 5.74) is 23.3. The third-order valence-corrected chi connectivity index (χ3v) is 8.42. The monoisotopic (exact) mass is 652 g/mol. The van der Waals surface area contributed by atoms with Gasteiger partial charge in [-0.2, -0.15) is 9.36 Å². The molecular weight excluding hydrogens is 622 g/mol. The molecule has 20 nitrogen and oxygen atoms in total. The quantitative estimate of drug-likeness (QED) is 0.0344. The van der Waals surface area contributed by atoms with Crippen LogP contribution in [-0.2, 0) is 37.6 Å². The van der Waals surface area contributed by atoms with Gasteiger partial charge in [-0.3, -0.25) is 19.9 Å². The molecule has 0 aliphatic carbocycles. The normalized spacial score (nSPS) is 18.0. The summed E-state index contributed by atoms with van der Waals surface area (Å²) in [6.07, 6.45) is 2.18. The first-order valence-corrected chi connectivity index (χ1v) is 14.6. The van der Waals surface area contributed by atoms with Gasteiger partial charge in [0.25, 0.3) is 11.8 Å². The van der Waals surface area contributed by atoms with Crippen LogP contribution in [0, 0.1) is 5.41 Å². The summed E-state index contributed by atoms with van der Waals surface area (Å²) in [5, 5.41) is 32.1. The van der Waals surface area contributed by atoms with Crippen LogP contribution in [0.1, 0.15) is 12.2 Å². The maximum atomic E-state index is 13.2. The van der Waals surface area contributed by atoms with Crippen LogP contribution in [0.2, 0.25) is 0 Å². The molecule has 1 unspecified atom stereocenters. The number of rotatable bonds is 13. The number of nitrogens with zero attached hydrogens (tertiary/aromatic N) is 7. The van der Waals surface area contributed by atoms with E-state index in [1.165, 1.54) is 16.7 Å². The highest BCUT2D eigenvalue weighted by Crippen LogP contribution is 2.40. The second kappa shape index (κ2) is 13.1. The van der Waals surface area contributed by atoms with Crippen LogP contribution in [0.25, 0.3) is 0 Å². The number of hydrogen-bond donors (Lipinski definition) is 8. The van der Waals surface area contributed by atoms with Crippen LogP contribution < -0.4 is 37.8 Å². The van der Waals surface area contributed by atoms with Gasteiger partial charge in [0.15, 0.2) is 29.1 Å². The SMILES string of the molecule is Cn1c(N)c(N(CCCN)C(=N)N)c[n+]1CC1=C(C(=O)O)N2C(=O)[C@@H](NC(=O)/C(=N/OCC(=O)O)c3nsc(N)n3)C2SC1. The highest BCUT2D eigenvalue weighted by Gasteiger charge is 2.55. The van der Waals surface area contributed by atoms with Crippen molar-refractivity contribution in [2.45, 2.75) is 24.4 Å². The number of carbonyl (C=O) groups excluding carboxylic acids is 2. The molecule has 0 spiro atoms. The number of carbonyl (C=O) groups is 4. The Kier molecular flexibility index (Phi) is 9.54. The van der Waals surface area contributed by atoms with Crippen LogP contribution in [0.4, 0.5) is 16.6 Å². The van der Waals surface area contributed by atoms with Crippen molar-refractivity contribution < 1.29 is 38.9 Å². The van der Waals surface area contributed by atoms with Crippen molar-refractivity contribution in [2.75, 3.05) is 41.8 Å². The van der Waals surface area contributed by atoms with Gasteiger partial charge < -0.3 is 48.2 Å². The number of oxime groups is 1. The molecule has 0 bridgehead atoms. The number of nitrogen functional groups attached to an aromatic ring is 2. The average Bonchev–Trinajstić information content (AvgIpc) is 3.51. The summed E-state index contributed by atoms with van der Waals surface area (Å²) in [4.78, 5) is 60.6. The maximum Gasteiger partial charge on any atom is 0.352 e. The molecule has 2 amide bonds. The number of aliphatic carboxylic acids is 2. The number of amides is 2. The minimum absolute atomic E-state index is 0.00534. The summed E-state index contributed by atoms with van der Waals surface area (Å²) in [5.74, 6) is -4.35. The van der Waals surface area contributed by atoms with Gasteiger partial charge in [0.1, 0.15) is 17.1 Å². The Balaban J connectivity index is 1.56. The average molecular weight is 653 g/mol. The molecule has 22 heteroatoms. The van der Waals surface area contributed by atoms with Crippen molar-refractivity contribution in [3.8, 4) is 0 Å². The third kappa shape index (κ3) is 6.35. The van der Waals surface area contributed by atoms with Gasteiger partial charge >= 0.3 is 11.9 Å². The van der Waals surface area contributed by atoms with Crippen molar-refractivity contribution in [3.05, 3.63) is 23.3 Å².